The molecule has 2 rings (SSSR count). The molecule has 2 atom stereocenters. The first-order valence-corrected chi connectivity index (χ1v) is 6.12. The van der Waals surface area contributed by atoms with E-state index in [-0.39, 0.29) is 17.9 Å². The van der Waals surface area contributed by atoms with Gasteiger partial charge in [-0.2, -0.15) is 5.10 Å². The van der Waals surface area contributed by atoms with Crippen molar-refractivity contribution in [2.75, 3.05) is 11.9 Å². The highest BCUT2D eigenvalue weighted by Gasteiger charge is 2.27. The van der Waals surface area contributed by atoms with Crippen LogP contribution in [-0.4, -0.2) is 28.3 Å². The number of amides is 1. The number of hydrogen-bond donors (Lipinski definition) is 2. The van der Waals surface area contributed by atoms with Gasteiger partial charge in [-0.1, -0.05) is 0 Å². The van der Waals surface area contributed by atoms with Gasteiger partial charge in [0.05, 0.1) is 17.3 Å². The van der Waals surface area contributed by atoms with Gasteiger partial charge < -0.3 is 10.6 Å². The number of nitrogens with zero attached hydrogens (tertiary/aromatic N) is 2. The monoisotopic (exact) mass is 236 g/mol. The van der Waals surface area contributed by atoms with Crippen molar-refractivity contribution >= 4 is 11.6 Å². The number of aromatic nitrogens is 2. The summed E-state index contributed by atoms with van der Waals surface area (Å²) in [7, 11) is 1.85. The molecule has 17 heavy (non-hydrogen) atoms. The third kappa shape index (κ3) is 2.66. The van der Waals surface area contributed by atoms with Gasteiger partial charge in [-0.3, -0.25) is 9.48 Å². The highest BCUT2D eigenvalue weighted by molar-refractivity contribution is 5.93. The topological polar surface area (TPSA) is 59.0 Å². The van der Waals surface area contributed by atoms with Gasteiger partial charge in [0.25, 0.3) is 0 Å². The van der Waals surface area contributed by atoms with Gasteiger partial charge in [0.15, 0.2) is 0 Å². The van der Waals surface area contributed by atoms with Crippen molar-refractivity contribution in [3.8, 4) is 0 Å². The van der Waals surface area contributed by atoms with Gasteiger partial charge in [0.1, 0.15) is 0 Å². The summed E-state index contributed by atoms with van der Waals surface area (Å²) in [5.74, 6) is 0.157. The SMILES string of the molecule is Cc1nn(C)cc1NC(=O)C1CCCNC1C. The molecule has 2 N–H and O–H groups in total. The fourth-order valence-electron chi connectivity index (χ4n) is 2.35. The van der Waals surface area contributed by atoms with Crippen LogP contribution in [-0.2, 0) is 11.8 Å². The molecular formula is C12H20N4O. The normalized spacial score (nSPS) is 24.6. The van der Waals surface area contributed by atoms with Crippen molar-refractivity contribution < 1.29 is 4.79 Å². The summed E-state index contributed by atoms with van der Waals surface area (Å²) in [6.45, 7) is 4.98. The van der Waals surface area contributed by atoms with Crippen molar-refractivity contribution in [2.45, 2.75) is 32.7 Å². The average Bonchev–Trinajstić information content (AvgIpc) is 2.58. The number of hydrogen-bond acceptors (Lipinski definition) is 3. The van der Waals surface area contributed by atoms with Crippen LogP contribution in [0.2, 0.25) is 0 Å². The van der Waals surface area contributed by atoms with E-state index >= 15 is 0 Å². The molecule has 1 amide bonds. The second-order valence-electron chi connectivity index (χ2n) is 4.78. The van der Waals surface area contributed by atoms with Gasteiger partial charge in [-0.15, -0.1) is 0 Å². The number of anilines is 1. The first-order valence-electron chi connectivity index (χ1n) is 6.12. The molecule has 0 spiro atoms. The van der Waals surface area contributed by atoms with E-state index < -0.39 is 0 Å². The lowest BCUT2D eigenvalue weighted by Crippen LogP contribution is -2.44. The summed E-state index contributed by atoms with van der Waals surface area (Å²) in [5.41, 5.74) is 1.67. The predicted molar refractivity (Wildman–Crippen MR) is 66.8 cm³/mol. The van der Waals surface area contributed by atoms with Crippen LogP contribution < -0.4 is 10.6 Å². The maximum absolute atomic E-state index is 12.2. The molecule has 1 saturated heterocycles. The predicted octanol–water partition coefficient (Wildman–Crippen LogP) is 1.06. The zero-order valence-corrected chi connectivity index (χ0v) is 10.7. The zero-order valence-electron chi connectivity index (χ0n) is 10.7. The Morgan fingerprint density at radius 3 is 3.00 bits per heavy atom. The Morgan fingerprint density at radius 1 is 1.65 bits per heavy atom. The number of nitrogens with one attached hydrogen (secondary N) is 2. The summed E-state index contributed by atoms with van der Waals surface area (Å²) in [5, 5.41) is 10.5. The van der Waals surface area contributed by atoms with E-state index in [1.807, 2.05) is 20.2 Å². The number of piperidine rings is 1. The minimum atomic E-state index is 0.0587. The molecule has 5 heteroatoms. The maximum Gasteiger partial charge on any atom is 0.229 e. The maximum atomic E-state index is 12.2. The molecule has 1 aromatic rings. The van der Waals surface area contributed by atoms with Gasteiger partial charge in [0, 0.05) is 19.3 Å². The van der Waals surface area contributed by atoms with E-state index in [2.05, 4.69) is 22.7 Å². The van der Waals surface area contributed by atoms with E-state index in [1.54, 1.807) is 4.68 Å². The van der Waals surface area contributed by atoms with E-state index in [9.17, 15) is 4.79 Å². The van der Waals surface area contributed by atoms with Crippen LogP contribution in [0.1, 0.15) is 25.5 Å². The van der Waals surface area contributed by atoms with Gasteiger partial charge >= 0.3 is 0 Å². The van der Waals surface area contributed by atoms with Gasteiger partial charge in [0.2, 0.25) is 5.91 Å². The Balaban J connectivity index is 2.03. The zero-order chi connectivity index (χ0) is 12.4. The third-order valence-electron chi connectivity index (χ3n) is 3.37. The van der Waals surface area contributed by atoms with Crippen LogP contribution in [0.25, 0.3) is 0 Å². The van der Waals surface area contributed by atoms with Crippen molar-refractivity contribution in [3.63, 3.8) is 0 Å². The molecule has 1 aliphatic heterocycles. The lowest BCUT2D eigenvalue weighted by Gasteiger charge is -2.28. The standard InChI is InChI=1S/C12H20N4O/c1-8-10(5-4-6-13-8)12(17)14-11-7-16(3)15-9(11)2/h7-8,10,13H,4-6H2,1-3H3,(H,14,17). The first kappa shape index (κ1) is 12.1. The summed E-state index contributed by atoms with van der Waals surface area (Å²) in [4.78, 5) is 12.2. The van der Waals surface area contributed by atoms with Crippen LogP contribution in [0.5, 0.6) is 0 Å². The molecule has 0 aliphatic carbocycles. The number of rotatable bonds is 2. The lowest BCUT2D eigenvalue weighted by atomic mass is 9.91. The van der Waals surface area contributed by atoms with Crippen LogP contribution >= 0.6 is 0 Å². The van der Waals surface area contributed by atoms with Crippen LogP contribution in [0.4, 0.5) is 5.69 Å². The van der Waals surface area contributed by atoms with E-state index in [0.717, 1.165) is 30.8 Å². The van der Waals surface area contributed by atoms with Crippen molar-refractivity contribution in [2.24, 2.45) is 13.0 Å². The second-order valence-corrected chi connectivity index (χ2v) is 4.78. The molecule has 5 nitrogen and oxygen atoms in total. The first-order chi connectivity index (χ1) is 8.08. The molecular weight excluding hydrogens is 216 g/mol. The molecule has 0 bridgehead atoms. The highest BCUT2D eigenvalue weighted by Crippen LogP contribution is 2.19. The number of aryl methyl sites for hydroxylation is 2. The molecule has 94 valence electrons. The molecule has 1 aromatic heterocycles. The molecule has 0 saturated carbocycles. The number of carbonyl (C=O) groups excluding carboxylic acids is 1. The van der Waals surface area contributed by atoms with Crippen molar-refractivity contribution in [1.29, 1.82) is 0 Å². The lowest BCUT2D eigenvalue weighted by molar-refractivity contribution is -0.121. The Hall–Kier alpha value is -1.36. The Kier molecular flexibility index (Phi) is 3.47. The fourth-order valence-corrected chi connectivity index (χ4v) is 2.35. The average molecular weight is 236 g/mol. The fraction of sp³-hybridized carbons (Fsp3) is 0.667. The quantitative estimate of drug-likeness (QED) is 0.807. The summed E-state index contributed by atoms with van der Waals surface area (Å²) in [6, 6.07) is 0.251. The van der Waals surface area contributed by atoms with E-state index in [4.69, 9.17) is 0 Å². The van der Waals surface area contributed by atoms with Gasteiger partial charge in [-0.25, -0.2) is 0 Å². The minimum absolute atomic E-state index is 0.0587. The van der Waals surface area contributed by atoms with E-state index in [0.29, 0.717) is 0 Å². The summed E-state index contributed by atoms with van der Waals surface area (Å²) < 4.78 is 1.72. The van der Waals surface area contributed by atoms with Crippen LogP contribution in [0.3, 0.4) is 0 Å². The van der Waals surface area contributed by atoms with Crippen LogP contribution in [0.15, 0.2) is 6.20 Å². The molecule has 1 aliphatic rings. The van der Waals surface area contributed by atoms with Crippen LogP contribution in [0, 0.1) is 12.8 Å². The molecule has 0 aromatic carbocycles. The second kappa shape index (κ2) is 4.87. The van der Waals surface area contributed by atoms with Crippen molar-refractivity contribution in [1.82, 2.24) is 15.1 Å². The molecule has 0 radical (unpaired) electrons. The molecule has 2 unspecified atom stereocenters. The largest absolute Gasteiger partial charge is 0.323 e. The Morgan fingerprint density at radius 2 is 2.41 bits per heavy atom. The summed E-state index contributed by atoms with van der Waals surface area (Å²) >= 11 is 0. The third-order valence-corrected chi connectivity index (χ3v) is 3.37. The minimum Gasteiger partial charge on any atom is -0.323 e. The smallest absolute Gasteiger partial charge is 0.229 e. The molecule has 1 fully saturated rings. The Labute approximate surface area is 102 Å². The summed E-state index contributed by atoms with van der Waals surface area (Å²) in [6.07, 6.45) is 3.86. The number of carbonyl (C=O) groups is 1. The van der Waals surface area contributed by atoms with E-state index in [1.165, 1.54) is 0 Å². The van der Waals surface area contributed by atoms with Crippen molar-refractivity contribution in [3.05, 3.63) is 11.9 Å². The molecule has 2 heterocycles. The Bertz CT molecular complexity index is 413. The highest BCUT2D eigenvalue weighted by atomic mass is 16.1. The van der Waals surface area contributed by atoms with Gasteiger partial charge in [-0.05, 0) is 33.2 Å².